The zero-order valence-corrected chi connectivity index (χ0v) is 12.2. The number of hydrogen-bond acceptors (Lipinski definition) is 4. The molecule has 1 heterocycles. The van der Waals surface area contributed by atoms with Gasteiger partial charge in [-0.15, -0.1) is 0 Å². The molecule has 0 aromatic rings. The van der Waals surface area contributed by atoms with Gasteiger partial charge in [0.25, 0.3) is 0 Å². The molecule has 0 aromatic carbocycles. The van der Waals surface area contributed by atoms with Crippen molar-refractivity contribution in [3.8, 4) is 0 Å². The number of aliphatic hydroxyl groups excluding tert-OH is 1. The van der Waals surface area contributed by atoms with Crippen LogP contribution in [0.4, 0.5) is 0 Å². The number of nitrogens with zero attached hydrogens (tertiary/aromatic N) is 1. The zero-order valence-electron chi connectivity index (χ0n) is 12.2. The summed E-state index contributed by atoms with van der Waals surface area (Å²) in [6.07, 6.45) is 2.50. The van der Waals surface area contributed by atoms with Gasteiger partial charge in [0.15, 0.2) is 0 Å². The van der Waals surface area contributed by atoms with Crippen LogP contribution in [0.25, 0.3) is 0 Å². The molecule has 2 N–H and O–H groups in total. The van der Waals surface area contributed by atoms with Gasteiger partial charge >= 0.3 is 0 Å². The second-order valence-corrected chi connectivity index (χ2v) is 5.81. The lowest BCUT2D eigenvalue weighted by molar-refractivity contribution is 0.00612. The largest absolute Gasteiger partial charge is 0.389 e. The zero-order chi connectivity index (χ0) is 13.4. The topological polar surface area (TPSA) is 44.7 Å². The summed E-state index contributed by atoms with van der Waals surface area (Å²) in [7, 11) is 0. The molecule has 0 saturated carbocycles. The third-order valence-electron chi connectivity index (χ3n) is 3.26. The average molecular weight is 258 g/mol. The van der Waals surface area contributed by atoms with Gasteiger partial charge in [0, 0.05) is 13.1 Å². The van der Waals surface area contributed by atoms with Gasteiger partial charge in [0.1, 0.15) is 0 Å². The molecule has 1 fully saturated rings. The summed E-state index contributed by atoms with van der Waals surface area (Å²) < 4.78 is 5.37. The van der Waals surface area contributed by atoms with Crippen LogP contribution in [-0.4, -0.2) is 61.5 Å². The second kappa shape index (κ2) is 8.86. The van der Waals surface area contributed by atoms with Gasteiger partial charge in [-0.1, -0.05) is 6.92 Å². The van der Waals surface area contributed by atoms with Gasteiger partial charge in [0.05, 0.1) is 18.8 Å². The van der Waals surface area contributed by atoms with Crippen LogP contribution in [0.5, 0.6) is 0 Å². The Morgan fingerprint density at radius 2 is 1.83 bits per heavy atom. The van der Waals surface area contributed by atoms with Crippen LogP contribution in [-0.2, 0) is 4.74 Å². The van der Waals surface area contributed by atoms with Crippen molar-refractivity contribution in [3.05, 3.63) is 0 Å². The molecule has 1 aliphatic heterocycles. The van der Waals surface area contributed by atoms with Crippen LogP contribution in [0, 0.1) is 5.92 Å². The SMILES string of the molecule is CC(CNCC(O)COC(C)C)CN1CCCC1. The summed E-state index contributed by atoms with van der Waals surface area (Å²) in [4.78, 5) is 2.53. The number of ether oxygens (including phenoxy) is 1. The van der Waals surface area contributed by atoms with Gasteiger partial charge in [-0.3, -0.25) is 0 Å². The quantitative estimate of drug-likeness (QED) is 0.650. The maximum absolute atomic E-state index is 9.70. The lowest BCUT2D eigenvalue weighted by atomic mass is 10.1. The first-order valence-electron chi connectivity index (χ1n) is 7.30. The number of hydrogen-bond donors (Lipinski definition) is 2. The minimum atomic E-state index is -0.397. The highest BCUT2D eigenvalue weighted by molar-refractivity contribution is 4.70. The molecular weight excluding hydrogens is 228 g/mol. The van der Waals surface area contributed by atoms with E-state index in [1.54, 1.807) is 0 Å². The average Bonchev–Trinajstić information content (AvgIpc) is 2.79. The maximum atomic E-state index is 9.70. The van der Waals surface area contributed by atoms with Crippen molar-refractivity contribution in [3.63, 3.8) is 0 Å². The van der Waals surface area contributed by atoms with E-state index in [-0.39, 0.29) is 6.10 Å². The maximum Gasteiger partial charge on any atom is 0.0897 e. The molecule has 4 nitrogen and oxygen atoms in total. The molecule has 108 valence electrons. The van der Waals surface area contributed by atoms with Crippen LogP contribution >= 0.6 is 0 Å². The predicted molar refractivity (Wildman–Crippen MR) is 74.8 cm³/mol. The molecule has 0 radical (unpaired) electrons. The summed E-state index contributed by atoms with van der Waals surface area (Å²) in [6.45, 7) is 11.9. The normalized spacial score (nSPS) is 20.5. The van der Waals surface area contributed by atoms with Crippen LogP contribution in [0.3, 0.4) is 0 Å². The Hall–Kier alpha value is -0.160. The summed E-state index contributed by atoms with van der Waals surface area (Å²) in [6, 6.07) is 0. The van der Waals surface area contributed by atoms with Crippen molar-refractivity contribution in [1.82, 2.24) is 10.2 Å². The van der Waals surface area contributed by atoms with E-state index in [9.17, 15) is 5.11 Å². The highest BCUT2D eigenvalue weighted by Gasteiger charge is 2.14. The Morgan fingerprint density at radius 3 is 2.44 bits per heavy atom. The lowest BCUT2D eigenvalue weighted by Gasteiger charge is -2.21. The standard InChI is InChI=1S/C14H30N2O2/c1-12(2)18-11-14(17)9-15-8-13(3)10-16-6-4-5-7-16/h12-15,17H,4-11H2,1-3H3. The predicted octanol–water partition coefficient (Wildman–Crippen LogP) is 1.09. The van der Waals surface area contributed by atoms with Gasteiger partial charge < -0.3 is 20.1 Å². The summed E-state index contributed by atoms with van der Waals surface area (Å²) in [5.74, 6) is 0.640. The molecule has 0 amide bonds. The molecule has 1 aliphatic rings. The lowest BCUT2D eigenvalue weighted by Crippen LogP contribution is -2.36. The minimum absolute atomic E-state index is 0.189. The Balaban J connectivity index is 1.98. The van der Waals surface area contributed by atoms with Crippen LogP contribution in [0.2, 0.25) is 0 Å². The minimum Gasteiger partial charge on any atom is -0.389 e. The second-order valence-electron chi connectivity index (χ2n) is 5.81. The molecule has 0 bridgehead atoms. The van der Waals surface area contributed by atoms with Crippen LogP contribution < -0.4 is 5.32 Å². The number of rotatable bonds is 9. The fraction of sp³-hybridized carbons (Fsp3) is 1.00. The van der Waals surface area contributed by atoms with E-state index in [1.165, 1.54) is 32.5 Å². The van der Waals surface area contributed by atoms with E-state index in [2.05, 4.69) is 17.1 Å². The van der Waals surface area contributed by atoms with Crippen molar-refractivity contribution >= 4 is 0 Å². The monoisotopic (exact) mass is 258 g/mol. The molecule has 0 spiro atoms. The fourth-order valence-corrected chi connectivity index (χ4v) is 2.33. The van der Waals surface area contributed by atoms with E-state index in [0.717, 1.165) is 6.54 Å². The highest BCUT2D eigenvalue weighted by atomic mass is 16.5. The number of aliphatic hydroxyl groups is 1. The summed E-state index contributed by atoms with van der Waals surface area (Å²) >= 11 is 0. The van der Waals surface area contributed by atoms with Crippen molar-refractivity contribution in [2.24, 2.45) is 5.92 Å². The Bertz CT molecular complexity index is 206. The van der Waals surface area contributed by atoms with E-state index in [1.807, 2.05) is 13.8 Å². The van der Waals surface area contributed by atoms with Crippen molar-refractivity contribution in [1.29, 1.82) is 0 Å². The molecule has 0 aliphatic carbocycles. The van der Waals surface area contributed by atoms with E-state index in [4.69, 9.17) is 4.74 Å². The van der Waals surface area contributed by atoms with E-state index in [0.29, 0.717) is 19.1 Å². The Kier molecular flexibility index (Phi) is 7.82. The van der Waals surface area contributed by atoms with Gasteiger partial charge in [-0.2, -0.15) is 0 Å². The first-order chi connectivity index (χ1) is 8.58. The van der Waals surface area contributed by atoms with Crippen LogP contribution in [0.15, 0.2) is 0 Å². The number of nitrogens with one attached hydrogen (secondary N) is 1. The fourth-order valence-electron chi connectivity index (χ4n) is 2.33. The molecule has 4 heteroatoms. The molecule has 2 unspecified atom stereocenters. The smallest absolute Gasteiger partial charge is 0.0897 e. The Labute approximate surface area is 112 Å². The summed E-state index contributed by atoms with van der Waals surface area (Å²) in [5, 5.41) is 13.0. The number of likely N-dealkylation sites (tertiary alicyclic amines) is 1. The third kappa shape index (κ3) is 7.31. The van der Waals surface area contributed by atoms with Crippen LogP contribution in [0.1, 0.15) is 33.6 Å². The summed E-state index contributed by atoms with van der Waals surface area (Å²) in [5.41, 5.74) is 0. The van der Waals surface area contributed by atoms with Crippen molar-refractivity contribution in [2.75, 3.05) is 39.3 Å². The molecule has 2 atom stereocenters. The highest BCUT2D eigenvalue weighted by Crippen LogP contribution is 2.09. The van der Waals surface area contributed by atoms with Gasteiger partial charge in [-0.05, 0) is 52.2 Å². The van der Waals surface area contributed by atoms with Gasteiger partial charge in [-0.25, -0.2) is 0 Å². The Morgan fingerprint density at radius 1 is 1.17 bits per heavy atom. The third-order valence-corrected chi connectivity index (χ3v) is 3.26. The van der Waals surface area contributed by atoms with E-state index >= 15 is 0 Å². The molecular formula is C14H30N2O2. The first kappa shape index (κ1) is 15.9. The first-order valence-corrected chi connectivity index (χ1v) is 7.30. The van der Waals surface area contributed by atoms with Gasteiger partial charge in [0.2, 0.25) is 0 Å². The molecule has 0 aromatic heterocycles. The van der Waals surface area contributed by atoms with Crippen molar-refractivity contribution < 1.29 is 9.84 Å². The molecule has 1 rings (SSSR count). The molecule has 18 heavy (non-hydrogen) atoms. The van der Waals surface area contributed by atoms with E-state index < -0.39 is 6.10 Å². The van der Waals surface area contributed by atoms with Crippen molar-refractivity contribution in [2.45, 2.75) is 45.8 Å². The molecule has 1 saturated heterocycles.